The van der Waals surface area contributed by atoms with E-state index in [1.807, 2.05) is 0 Å². The Kier molecular flexibility index (Phi) is 4.49. The van der Waals surface area contributed by atoms with Gasteiger partial charge in [0.1, 0.15) is 5.82 Å². The Labute approximate surface area is 123 Å². The quantitative estimate of drug-likeness (QED) is 0.645. The van der Waals surface area contributed by atoms with Crippen molar-refractivity contribution in [3.63, 3.8) is 0 Å². The molecular weight excluding hydrogens is 282 g/mol. The van der Waals surface area contributed by atoms with Gasteiger partial charge in [0.05, 0.1) is 10.4 Å². The van der Waals surface area contributed by atoms with Gasteiger partial charge in [-0.25, -0.2) is 4.39 Å². The summed E-state index contributed by atoms with van der Waals surface area (Å²) in [6.45, 7) is 4.16. The second-order valence-corrected chi connectivity index (χ2v) is 5.70. The molecule has 2 aromatic carbocycles. The molecule has 2 aromatic rings. The number of hydrogen-bond donors (Lipinski definition) is 0. The predicted molar refractivity (Wildman–Crippen MR) is 79.6 cm³/mol. The van der Waals surface area contributed by atoms with Crippen molar-refractivity contribution in [2.45, 2.75) is 25.6 Å². The Bertz CT molecular complexity index is 593. The van der Waals surface area contributed by atoms with Gasteiger partial charge in [-0.05, 0) is 54.7 Å². The van der Waals surface area contributed by atoms with Gasteiger partial charge in [-0.2, -0.15) is 0 Å². The summed E-state index contributed by atoms with van der Waals surface area (Å²) in [4.78, 5) is 0. The van der Waals surface area contributed by atoms with Gasteiger partial charge in [0.15, 0.2) is 0 Å². The van der Waals surface area contributed by atoms with Crippen molar-refractivity contribution >= 4 is 23.2 Å². The van der Waals surface area contributed by atoms with E-state index in [9.17, 15) is 4.39 Å². The molecule has 0 aromatic heterocycles. The van der Waals surface area contributed by atoms with E-state index in [0.29, 0.717) is 6.42 Å². The highest BCUT2D eigenvalue weighted by atomic mass is 35.5. The molecule has 0 heterocycles. The van der Waals surface area contributed by atoms with Crippen LogP contribution in [0.2, 0.25) is 5.02 Å². The molecule has 0 saturated heterocycles. The fourth-order valence-electron chi connectivity index (χ4n) is 1.96. The molecule has 3 heteroatoms. The fourth-order valence-corrected chi connectivity index (χ4v) is 2.47. The summed E-state index contributed by atoms with van der Waals surface area (Å²) in [5.41, 5.74) is 4.52. The second kappa shape index (κ2) is 5.94. The average Bonchev–Trinajstić information content (AvgIpc) is 2.37. The first-order chi connectivity index (χ1) is 8.97. The Hall–Kier alpha value is -1.05. The van der Waals surface area contributed by atoms with Gasteiger partial charge in [-0.15, -0.1) is 11.6 Å². The summed E-state index contributed by atoms with van der Waals surface area (Å²) in [5, 5.41) is -0.0940. The van der Waals surface area contributed by atoms with E-state index in [-0.39, 0.29) is 10.4 Å². The highest BCUT2D eigenvalue weighted by Crippen LogP contribution is 2.28. The maximum Gasteiger partial charge on any atom is 0.141 e. The summed E-state index contributed by atoms with van der Waals surface area (Å²) < 4.78 is 13.1. The molecule has 2 rings (SSSR count). The van der Waals surface area contributed by atoms with Crippen LogP contribution in [0.25, 0.3) is 0 Å². The van der Waals surface area contributed by atoms with Crippen LogP contribution < -0.4 is 0 Å². The number of halogens is 3. The molecule has 0 radical (unpaired) electrons. The highest BCUT2D eigenvalue weighted by molar-refractivity contribution is 6.31. The maximum absolute atomic E-state index is 13.1. The normalized spacial score (nSPS) is 12.5. The molecule has 1 unspecified atom stereocenters. The number of benzene rings is 2. The molecule has 1 atom stereocenters. The molecule has 0 aliphatic carbocycles. The molecule has 19 heavy (non-hydrogen) atoms. The van der Waals surface area contributed by atoms with Crippen LogP contribution in [0.4, 0.5) is 4.39 Å². The maximum atomic E-state index is 13.1. The number of rotatable bonds is 3. The van der Waals surface area contributed by atoms with E-state index >= 15 is 0 Å². The molecule has 0 aliphatic rings. The van der Waals surface area contributed by atoms with Crippen LogP contribution in [-0.4, -0.2) is 0 Å². The largest absolute Gasteiger partial charge is 0.205 e. The van der Waals surface area contributed by atoms with Gasteiger partial charge < -0.3 is 0 Å². The third kappa shape index (κ3) is 3.49. The molecule has 0 saturated carbocycles. The predicted octanol–water partition coefficient (Wildman–Crippen LogP) is 5.62. The Morgan fingerprint density at radius 2 is 1.79 bits per heavy atom. The lowest BCUT2D eigenvalue weighted by Gasteiger charge is -2.12. The monoisotopic (exact) mass is 296 g/mol. The SMILES string of the molecule is Cc1ccc(CC(Cl)c2ccc(F)c(Cl)c2)cc1C. The van der Waals surface area contributed by atoms with Crippen molar-refractivity contribution < 1.29 is 4.39 Å². The Morgan fingerprint density at radius 3 is 2.42 bits per heavy atom. The summed E-state index contributed by atoms with van der Waals surface area (Å²) in [5.74, 6) is -0.416. The average molecular weight is 297 g/mol. The molecule has 0 bridgehead atoms. The van der Waals surface area contributed by atoms with Crippen LogP contribution in [-0.2, 0) is 6.42 Å². The van der Waals surface area contributed by atoms with Crippen LogP contribution in [0.3, 0.4) is 0 Å². The third-order valence-corrected chi connectivity index (χ3v) is 3.99. The summed E-state index contributed by atoms with van der Waals surface area (Å²) in [6.07, 6.45) is 0.699. The zero-order valence-corrected chi connectivity index (χ0v) is 12.4. The third-order valence-electron chi connectivity index (χ3n) is 3.29. The van der Waals surface area contributed by atoms with Gasteiger partial charge in [0.25, 0.3) is 0 Å². The number of aryl methyl sites for hydroxylation is 2. The van der Waals surface area contributed by atoms with E-state index in [0.717, 1.165) is 5.56 Å². The standard InChI is InChI=1S/C16H15Cl2F/c1-10-3-4-12(7-11(10)2)8-14(17)13-5-6-16(19)15(18)9-13/h3-7,9,14H,8H2,1-2H3. The van der Waals surface area contributed by atoms with Crippen molar-refractivity contribution in [2.24, 2.45) is 0 Å². The van der Waals surface area contributed by atoms with Crippen molar-refractivity contribution in [1.82, 2.24) is 0 Å². The molecule has 0 fully saturated rings. The molecule has 0 nitrogen and oxygen atoms in total. The lowest BCUT2D eigenvalue weighted by atomic mass is 10.00. The topological polar surface area (TPSA) is 0 Å². The van der Waals surface area contributed by atoms with Gasteiger partial charge >= 0.3 is 0 Å². The van der Waals surface area contributed by atoms with E-state index in [1.54, 1.807) is 12.1 Å². The first-order valence-corrected chi connectivity index (χ1v) is 6.94. The second-order valence-electron chi connectivity index (χ2n) is 4.76. The van der Waals surface area contributed by atoms with E-state index in [4.69, 9.17) is 23.2 Å². The zero-order valence-electron chi connectivity index (χ0n) is 10.9. The molecule has 0 spiro atoms. The highest BCUT2D eigenvalue weighted by Gasteiger charge is 2.11. The first kappa shape index (κ1) is 14.4. The molecule has 0 amide bonds. The number of alkyl halides is 1. The van der Waals surface area contributed by atoms with E-state index in [1.165, 1.54) is 22.8 Å². The van der Waals surface area contributed by atoms with Crippen LogP contribution in [0.15, 0.2) is 36.4 Å². The lowest BCUT2D eigenvalue weighted by molar-refractivity contribution is 0.627. The molecule has 0 N–H and O–H groups in total. The van der Waals surface area contributed by atoms with Crippen molar-refractivity contribution in [2.75, 3.05) is 0 Å². The van der Waals surface area contributed by atoms with Crippen molar-refractivity contribution in [3.8, 4) is 0 Å². The van der Waals surface area contributed by atoms with E-state index < -0.39 is 5.82 Å². The van der Waals surface area contributed by atoms with E-state index in [2.05, 4.69) is 32.0 Å². The molecule has 100 valence electrons. The minimum absolute atomic E-state index is 0.114. The first-order valence-electron chi connectivity index (χ1n) is 6.12. The summed E-state index contributed by atoms with van der Waals surface area (Å²) >= 11 is 12.1. The number of hydrogen-bond acceptors (Lipinski definition) is 0. The van der Waals surface area contributed by atoms with Gasteiger partial charge in [0.2, 0.25) is 0 Å². The summed E-state index contributed by atoms with van der Waals surface area (Å²) in [6, 6.07) is 10.9. The van der Waals surface area contributed by atoms with Crippen molar-refractivity contribution in [1.29, 1.82) is 0 Å². The molecular formula is C16H15Cl2F. The lowest BCUT2D eigenvalue weighted by Crippen LogP contribution is -1.97. The smallest absolute Gasteiger partial charge is 0.141 e. The minimum atomic E-state index is -0.416. The van der Waals surface area contributed by atoms with Gasteiger partial charge in [0, 0.05) is 0 Å². The zero-order chi connectivity index (χ0) is 14.0. The van der Waals surface area contributed by atoms with Gasteiger partial charge in [-0.1, -0.05) is 35.9 Å². The Balaban J connectivity index is 2.17. The van der Waals surface area contributed by atoms with Crippen LogP contribution in [0.5, 0.6) is 0 Å². The van der Waals surface area contributed by atoms with Gasteiger partial charge in [-0.3, -0.25) is 0 Å². The van der Waals surface area contributed by atoms with Crippen LogP contribution >= 0.6 is 23.2 Å². The summed E-state index contributed by atoms with van der Waals surface area (Å²) in [7, 11) is 0. The Morgan fingerprint density at radius 1 is 1.05 bits per heavy atom. The molecule has 0 aliphatic heterocycles. The fraction of sp³-hybridized carbons (Fsp3) is 0.250. The van der Waals surface area contributed by atoms with Crippen molar-refractivity contribution in [3.05, 3.63) is 69.5 Å². The van der Waals surface area contributed by atoms with Crippen LogP contribution in [0, 0.1) is 19.7 Å². The van der Waals surface area contributed by atoms with Crippen LogP contribution in [0.1, 0.15) is 27.6 Å². The minimum Gasteiger partial charge on any atom is -0.205 e.